The fourth-order valence-corrected chi connectivity index (χ4v) is 4.00. The molecular formula is C16H26ClN3O3. The van der Waals surface area contributed by atoms with Gasteiger partial charge in [-0.2, -0.15) is 4.98 Å². The lowest BCUT2D eigenvalue weighted by Gasteiger charge is -2.25. The monoisotopic (exact) mass is 343 g/mol. The molecule has 1 saturated carbocycles. The average molecular weight is 344 g/mol. The fraction of sp³-hybridized carbons (Fsp3) is 0.812. The molecule has 0 radical (unpaired) electrons. The number of hydrogen-bond donors (Lipinski definition) is 1. The van der Waals surface area contributed by atoms with Crippen molar-refractivity contribution in [2.75, 3.05) is 13.1 Å². The van der Waals surface area contributed by atoms with E-state index in [-0.39, 0.29) is 24.4 Å². The van der Waals surface area contributed by atoms with E-state index in [1.165, 1.54) is 0 Å². The van der Waals surface area contributed by atoms with Gasteiger partial charge in [0.15, 0.2) is 5.82 Å². The predicted molar refractivity (Wildman–Crippen MR) is 87.6 cm³/mol. The van der Waals surface area contributed by atoms with Gasteiger partial charge in [-0.25, -0.2) is 0 Å². The number of hydrogen-bond acceptors (Lipinski definition) is 5. The Bertz CT molecular complexity index is 550. The van der Waals surface area contributed by atoms with E-state index in [0.717, 1.165) is 50.9 Å². The predicted octanol–water partition coefficient (Wildman–Crippen LogP) is 3.08. The first-order chi connectivity index (χ1) is 10.6. The van der Waals surface area contributed by atoms with Crippen LogP contribution in [0.15, 0.2) is 4.52 Å². The number of carbonyl (C=O) groups is 1. The molecule has 1 unspecified atom stereocenters. The van der Waals surface area contributed by atoms with E-state index in [0.29, 0.717) is 12.4 Å². The largest absolute Gasteiger partial charge is 0.481 e. The highest BCUT2D eigenvalue weighted by Crippen LogP contribution is 2.50. The van der Waals surface area contributed by atoms with Gasteiger partial charge < -0.3 is 9.63 Å². The molecule has 0 spiro atoms. The first-order valence-electron chi connectivity index (χ1n) is 8.36. The minimum atomic E-state index is -0.640. The Balaban J connectivity index is 0.00000192. The van der Waals surface area contributed by atoms with Crippen molar-refractivity contribution >= 4 is 18.4 Å². The van der Waals surface area contributed by atoms with Crippen LogP contribution < -0.4 is 0 Å². The Morgan fingerprint density at radius 3 is 3.00 bits per heavy atom. The zero-order valence-electron chi connectivity index (χ0n) is 13.8. The number of aliphatic carboxylic acids is 1. The van der Waals surface area contributed by atoms with Gasteiger partial charge in [0.25, 0.3) is 0 Å². The number of rotatable bonds is 6. The molecule has 1 aromatic rings. The number of carboxylic acids is 1. The van der Waals surface area contributed by atoms with Gasteiger partial charge >= 0.3 is 5.97 Å². The van der Waals surface area contributed by atoms with Gasteiger partial charge in [-0.05, 0) is 32.1 Å². The summed E-state index contributed by atoms with van der Waals surface area (Å²) >= 11 is 0. The zero-order valence-corrected chi connectivity index (χ0v) is 14.6. The van der Waals surface area contributed by atoms with E-state index in [1.54, 1.807) is 0 Å². The number of fused-ring (bicyclic) bond motifs is 1. The molecule has 130 valence electrons. The molecule has 2 fully saturated rings. The van der Waals surface area contributed by atoms with Gasteiger partial charge in [-0.1, -0.05) is 24.9 Å². The topological polar surface area (TPSA) is 79.5 Å². The second-order valence-corrected chi connectivity index (χ2v) is 6.81. The quantitative estimate of drug-likeness (QED) is 0.855. The third-order valence-corrected chi connectivity index (χ3v) is 5.47. The van der Waals surface area contributed by atoms with Crippen LogP contribution in [0, 0.1) is 11.3 Å². The number of aromatic nitrogens is 2. The van der Waals surface area contributed by atoms with E-state index in [9.17, 15) is 9.90 Å². The van der Waals surface area contributed by atoms with Crippen molar-refractivity contribution in [3.8, 4) is 0 Å². The van der Waals surface area contributed by atoms with Crippen LogP contribution in [0.25, 0.3) is 0 Å². The minimum Gasteiger partial charge on any atom is -0.481 e. The van der Waals surface area contributed by atoms with Crippen LogP contribution in [0.5, 0.6) is 0 Å². The van der Waals surface area contributed by atoms with E-state index < -0.39 is 11.4 Å². The lowest BCUT2D eigenvalue weighted by molar-refractivity contribution is -0.149. The maximum atomic E-state index is 11.8. The Kier molecular flexibility index (Phi) is 5.68. The number of halogens is 1. The molecule has 23 heavy (non-hydrogen) atoms. The van der Waals surface area contributed by atoms with Gasteiger partial charge in [0, 0.05) is 19.5 Å². The molecule has 7 heteroatoms. The number of aryl methyl sites for hydroxylation is 1. The summed E-state index contributed by atoms with van der Waals surface area (Å²) in [6.07, 6.45) is 5.84. The number of unbranched alkanes of at least 4 members (excludes halogenated alkanes) is 1. The van der Waals surface area contributed by atoms with Gasteiger partial charge in [-0.15, -0.1) is 12.4 Å². The third kappa shape index (κ3) is 3.24. The average Bonchev–Trinajstić information content (AvgIpc) is 3.17. The Morgan fingerprint density at radius 1 is 1.57 bits per heavy atom. The van der Waals surface area contributed by atoms with Crippen LogP contribution in [0.3, 0.4) is 0 Å². The molecule has 0 aromatic carbocycles. The Hall–Kier alpha value is -1.14. The highest BCUT2D eigenvalue weighted by Gasteiger charge is 2.55. The smallest absolute Gasteiger partial charge is 0.311 e. The fourth-order valence-electron chi connectivity index (χ4n) is 4.00. The van der Waals surface area contributed by atoms with Crippen LogP contribution in [0.2, 0.25) is 0 Å². The molecule has 1 saturated heterocycles. The first-order valence-corrected chi connectivity index (χ1v) is 8.36. The standard InChI is InChI=1S/C16H25N3O3.ClH/c1-3-4-7-13-17-14(22-18-13)11(2)19-9-12-6-5-8-16(12,10-19)15(20)21;/h11-12H,3-10H2,1-2H3,(H,20,21);1H/t11?,12-,16+;/m0./s1. The van der Waals surface area contributed by atoms with Crippen molar-refractivity contribution in [3.05, 3.63) is 11.7 Å². The van der Waals surface area contributed by atoms with E-state index >= 15 is 0 Å². The van der Waals surface area contributed by atoms with Gasteiger partial charge in [-0.3, -0.25) is 9.69 Å². The van der Waals surface area contributed by atoms with Crippen molar-refractivity contribution in [3.63, 3.8) is 0 Å². The molecule has 1 aromatic heterocycles. The summed E-state index contributed by atoms with van der Waals surface area (Å²) < 4.78 is 5.40. The molecule has 3 atom stereocenters. The highest BCUT2D eigenvalue weighted by molar-refractivity contribution is 5.85. The zero-order chi connectivity index (χ0) is 15.7. The minimum absolute atomic E-state index is 0. The summed E-state index contributed by atoms with van der Waals surface area (Å²) in [5.74, 6) is 0.997. The summed E-state index contributed by atoms with van der Waals surface area (Å²) in [6.45, 7) is 5.59. The van der Waals surface area contributed by atoms with Crippen LogP contribution in [-0.2, 0) is 11.2 Å². The molecule has 2 heterocycles. The summed E-state index contributed by atoms with van der Waals surface area (Å²) in [7, 11) is 0. The van der Waals surface area contributed by atoms with Crippen molar-refractivity contribution in [1.82, 2.24) is 15.0 Å². The number of likely N-dealkylation sites (tertiary alicyclic amines) is 1. The number of carboxylic acid groups (broad SMARTS) is 1. The van der Waals surface area contributed by atoms with Crippen molar-refractivity contribution in [1.29, 1.82) is 0 Å². The molecule has 3 rings (SSSR count). The van der Waals surface area contributed by atoms with E-state index in [4.69, 9.17) is 4.52 Å². The molecular weight excluding hydrogens is 318 g/mol. The summed E-state index contributed by atoms with van der Waals surface area (Å²) in [5.41, 5.74) is -0.556. The molecule has 0 amide bonds. The lowest BCUT2D eigenvalue weighted by Crippen LogP contribution is -2.36. The number of nitrogens with zero attached hydrogens (tertiary/aromatic N) is 3. The van der Waals surface area contributed by atoms with Crippen molar-refractivity contribution in [2.24, 2.45) is 11.3 Å². The maximum absolute atomic E-state index is 11.8. The van der Waals surface area contributed by atoms with Crippen LogP contribution >= 0.6 is 12.4 Å². The SMILES string of the molecule is CCCCc1noc(C(C)N2C[C@@H]3CCC[C@@]3(C(=O)O)C2)n1.Cl. The van der Waals surface area contributed by atoms with Gasteiger partial charge in [0.2, 0.25) is 5.89 Å². The van der Waals surface area contributed by atoms with Crippen LogP contribution in [-0.4, -0.2) is 39.2 Å². The second kappa shape index (κ2) is 7.18. The van der Waals surface area contributed by atoms with Gasteiger partial charge in [0.1, 0.15) is 0 Å². The third-order valence-electron chi connectivity index (χ3n) is 5.47. The summed E-state index contributed by atoms with van der Waals surface area (Å²) in [5, 5.41) is 13.7. The van der Waals surface area contributed by atoms with Gasteiger partial charge in [0.05, 0.1) is 11.5 Å². The normalized spacial score (nSPS) is 28.3. The molecule has 2 aliphatic rings. The summed E-state index contributed by atoms with van der Waals surface area (Å²) in [6, 6.07) is -0.00954. The molecule has 0 bridgehead atoms. The Labute approximate surface area is 143 Å². The highest BCUT2D eigenvalue weighted by atomic mass is 35.5. The second-order valence-electron chi connectivity index (χ2n) is 6.81. The lowest BCUT2D eigenvalue weighted by atomic mass is 9.81. The van der Waals surface area contributed by atoms with Crippen LogP contribution in [0.4, 0.5) is 0 Å². The van der Waals surface area contributed by atoms with E-state index in [2.05, 4.69) is 22.0 Å². The van der Waals surface area contributed by atoms with E-state index in [1.807, 2.05) is 6.92 Å². The molecule has 1 aliphatic carbocycles. The maximum Gasteiger partial charge on any atom is 0.311 e. The van der Waals surface area contributed by atoms with Crippen molar-refractivity contribution < 1.29 is 14.4 Å². The Morgan fingerprint density at radius 2 is 2.35 bits per heavy atom. The summed E-state index contributed by atoms with van der Waals surface area (Å²) in [4.78, 5) is 18.4. The van der Waals surface area contributed by atoms with Crippen molar-refractivity contribution in [2.45, 2.75) is 58.4 Å². The molecule has 6 nitrogen and oxygen atoms in total. The molecule has 1 aliphatic heterocycles. The van der Waals surface area contributed by atoms with Crippen LogP contribution in [0.1, 0.15) is 63.7 Å². The molecule has 1 N–H and O–H groups in total. The first kappa shape index (κ1) is 18.2.